The Hall–Kier alpha value is -1.16. The fraction of sp³-hybridized carbons (Fsp3) is 0.929. The van der Waals surface area contributed by atoms with Gasteiger partial charge in [0.2, 0.25) is 0 Å². The van der Waals surface area contributed by atoms with Crippen molar-refractivity contribution in [1.82, 2.24) is 0 Å². The molecule has 1 aliphatic heterocycles. The summed E-state index contributed by atoms with van der Waals surface area (Å²) in [4.78, 5) is 12.8. The van der Waals surface area contributed by atoms with Gasteiger partial charge in [-0.1, -0.05) is 154 Å². The number of carbonyl (C=O) groups is 1. The normalized spacial score (nSPS) is 21.0. The molecule has 12 nitrogen and oxygen atoms in total. The number of carbonyl (C=O) groups excluding carboxylic acids is 1. The third-order valence-corrected chi connectivity index (χ3v) is 10.6. The van der Waals surface area contributed by atoms with Crippen molar-refractivity contribution in [1.29, 1.82) is 0 Å². The first-order valence-electron chi connectivity index (χ1n) is 21.9. The van der Waals surface area contributed by atoms with E-state index in [0.717, 1.165) is 57.8 Å². The zero-order valence-corrected chi connectivity index (χ0v) is 35.3. The molecule has 0 amide bonds. The van der Waals surface area contributed by atoms with Crippen LogP contribution in [0.2, 0.25) is 0 Å². The summed E-state index contributed by atoms with van der Waals surface area (Å²) in [6.07, 6.45) is 26.8. The zero-order chi connectivity index (χ0) is 40.4. The van der Waals surface area contributed by atoms with Crippen molar-refractivity contribution in [2.24, 2.45) is 0 Å². The molecular formula is C42H80O12S. The molecular weight excluding hydrogens is 729 g/mol. The second-order valence-corrected chi connectivity index (χ2v) is 16.3. The van der Waals surface area contributed by atoms with Crippen molar-refractivity contribution < 1.29 is 56.2 Å². The molecule has 55 heavy (non-hydrogen) atoms. The van der Waals surface area contributed by atoms with Crippen molar-refractivity contribution in [3.8, 4) is 0 Å². The van der Waals surface area contributed by atoms with Gasteiger partial charge in [0.25, 0.3) is 0 Å². The van der Waals surface area contributed by atoms with E-state index in [4.69, 9.17) is 23.5 Å². The molecule has 0 bridgehead atoms. The van der Waals surface area contributed by atoms with Gasteiger partial charge in [-0.15, -0.1) is 0 Å². The largest absolute Gasteiger partial charge is 0.457 e. The van der Waals surface area contributed by atoms with Gasteiger partial charge < -0.3 is 34.3 Å². The Morgan fingerprint density at radius 2 is 1.15 bits per heavy atom. The first-order valence-corrected chi connectivity index (χ1v) is 23.3. The fourth-order valence-corrected chi connectivity index (χ4v) is 7.29. The molecule has 326 valence electrons. The Balaban J connectivity index is 2.43. The van der Waals surface area contributed by atoms with Crippen LogP contribution in [0, 0.1) is 0 Å². The van der Waals surface area contributed by atoms with Crippen LogP contribution in [0.25, 0.3) is 0 Å². The van der Waals surface area contributed by atoms with Crippen LogP contribution < -0.4 is 0 Å². The van der Waals surface area contributed by atoms with E-state index in [0.29, 0.717) is 13.0 Å². The average Bonchev–Trinajstić information content (AvgIpc) is 3.15. The van der Waals surface area contributed by atoms with E-state index in [1.807, 2.05) is 0 Å². The molecule has 0 aromatic rings. The zero-order valence-electron chi connectivity index (χ0n) is 34.5. The van der Waals surface area contributed by atoms with E-state index in [1.54, 1.807) is 0 Å². The molecule has 0 saturated carbocycles. The first-order chi connectivity index (χ1) is 26.6. The maximum Gasteiger partial charge on any atom is 0.397 e. The minimum atomic E-state index is -5.06. The van der Waals surface area contributed by atoms with Gasteiger partial charge in [0.05, 0.1) is 19.8 Å². The quantitative estimate of drug-likeness (QED) is 0.0202. The van der Waals surface area contributed by atoms with Gasteiger partial charge in [-0.2, -0.15) is 8.42 Å². The molecule has 0 spiro atoms. The predicted octanol–water partition coefficient (Wildman–Crippen LogP) is 8.69. The maximum atomic E-state index is 12.8. The summed E-state index contributed by atoms with van der Waals surface area (Å²) >= 11 is 0. The summed E-state index contributed by atoms with van der Waals surface area (Å²) in [5.74, 6) is -0.407. The van der Waals surface area contributed by atoms with E-state index >= 15 is 0 Å². The van der Waals surface area contributed by atoms with E-state index < -0.39 is 59.8 Å². The second-order valence-electron chi connectivity index (χ2n) is 15.3. The molecule has 6 atom stereocenters. The third-order valence-electron chi connectivity index (χ3n) is 10.1. The topological polar surface area (TPSA) is 178 Å². The molecule has 1 saturated heterocycles. The van der Waals surface area contributed by atoms with Crippen LogP contribution in [0.1, 0.15) is 187 Å². The number of unbranched alkanes of at least 4 members (excludes halogenated alkanes) is 23. The molecule has 1 fully saturated rings. The Morgan fingerprint density at radius 3 is 1.67 bits per heavy atom. The molecule has 0 aliphatic carbocycles. The highest BCUT2D eigenvalue weighted by molar-refractivity contribution is 7.80. The second kappa shape index (κ2) is 34.8. The fourth-order valence-electron chi connectivity index (χ4n) is 6.78. The van der Waals surface area contributed by atoms with Gasteiger partial charge in [-0.25, -0.2) is 4.18 Å². The van der Waals surface area contributed by atoms with Crippen molar-refractivity contribution >= 4 is 16.4 Å². The summed E-state index contributed by atoms with van der Waals surface area (Å²) in [6.45, 7) is 3.97. The van der Waals surface area contributed by atoms with Crippen LogP contribution in [0.4, 0.5) is 0 Å². The number of allylic oxidation sites excluding steroid dienone is 2. The summed E-state index contributed by atoms with van der Waals surface area (Å²) < 4.78 is 58.9. The van der Waals surface area contributed by atoms with Gasteiger partial charge in [0, 0.05) is 13.0 Å². The van der Waals surface area contributed by atoms with Gasteiger partial charge >= 0.3 is 16.4 Å². The SMILES string of the molecule is CCCCC/C=C\CCCCCCCC(=O)OC(COCCCCCCCCCCCCCCCCCC)COC1OC(CO)C(O)C(OS(=O)(=O)O)C1O. The van der Waals surface area contributed by atoms with Crippen molar-refractivity contribution in [2.45, 2.75) is 224 Å². The highest BCUT2D eigenvalue weighted by Crippen LogP contribution is 2.26. The van der Waals surface area contributed by atoms with Gasteiger partial charge in [-0.3, -0.25) is 9.35 Å². The molecule has 13 heteroatoms. The molecule has 6 unspecified atom stereocenters. The number of aliphatic hydroxyl groups is 3. The molecule has 4 N–H and O–H groups in total. The van der Waals surface area contributed by atoms with E-state index in [1.165, 1.54) is 103 Å². The molecule has 1 rings (SSSR count). The Bertz CT molecular complexity index is 1030. The van der Waals surface area contributed by atoms with Crippen LogP contribution >= 0.6 is 0 Å². The lowest BCUT2D eigenvalue weighted by molar-refractivity contribution is -0.301. The highest BCUT2D eigenvalue weighted by atomic mass is 32.3. The van der Waals surface area contributed by atoms with Crippen molar-refractivity contribution in [3.63, 3.8) is 0 Å². The Morgan fingerprint density at radius 1 is 0.673 bits per heavy atom. The molecule has 1 aliphatic rings. The number of rotatable bonds is 38. The highest BCUT2D eigenvalue weighted by Gasteiger charge is 2.48. The minimum Gasteiger partial charge on any atom is -0.457 e. The number of esters is 1. The summed E-state index contributed by atoms with van der Waals surface area (Å²) in [6, 6.07) is 0. The lowest BCUT2D eigenvalue weighted by atomic mass is 9.99. The third kappa shape index (κ3) is 28.8. The molecule has 0 radical (unpaired) electrons. The summed E-state index contributed by atoms with van der Waals surface area (Å²) in [5, 5.41) is 30.6. The lowest BCUT2D eigenvalue weighted by Gasteiger charge is -2.41. The van der Waals surface area contributed by atoms with E-state index in [2.05, 4.69) is 30.2 Å². The Kier molecular flexibility index (Phi) is 32.9. The summed E-state index contributed by atoms with van der Waals surface area (Å²) in [7, 11) is -5.06. The number of ether oxygens (including phenoxy) is 4. The molecule has 1 heterocycles. The van der Waals surface area contributed by atoms with E-state index in [-0.39, 0.29) is 19.6 Å². The van der Waals surface area contributed by atoms with Crippen LogP contribution in [0.3, 0.4) is 0 Å². The molecule has 0 aromatic heterocycles. The van der Waals surface area contributed by atoms with Crippen LogP contribution in [0.5, 0.6) is 0 Å². The summed E-state index contributed by atoms with van der Waals surface area (Å²) in [5.41, 5.74) is 0. The predicted molar refractivity (Wildman–Crippen MR) is 216 cm³/mol. The van der Waals surface area contributed by atoms with E-state index in [9.17, 15) is 28.5 Å². The molecule has 0 aromatic carbocycles. The number of hydrogen-bond donors (Lipinski definition) is 4. The maximum absolute atomic E-state index is 12.8. The van der Waals surface area contributed by atoms with Crippen LogP contribution in [-0.2, 0) is 38.3 Å². The Labute approximate surface area is 334 Å². The van der Waals surface area contributed by atoms with Crippen molar-refractivity contribution in [3.05, 3.63) is 12.2 Å². The monoisotopic (exact) mass is 809 g/mol. The number of aliphatic hydroxyl groups excluding tert-OH is 3. The van der Waals surface area contributed by atoms with Gasteiger partial charge in [-0.05, 0) is 38.5 Å². The standard InChI is InChI=1S/C42H80O12S/c1-3-5-7-9-11-13-15-17-18-19-20-22-24-26-28-30-32-50-34-36(52-38(44)31-29-27-25-23-21-16-14-12-10-8-6-4-2)35-51-42-40(46)41(54-55(47,48)49)39(45)37(33-43)53-42/h12,14,36-37,39-43,45-46H,3-11,13,15-35H2,1-2H3,(H,47,48,49)/b14-12-. The number of hydrogen-bond acceptors (Lipinski definition) is 11. The van der Waals surface area contributed by atoms with Gasteiger partial charge in [0.15, 0.2) is 6.29 Å². The van der Waals surface area contributed by atoms with Gasteiger partial charge in [0.1, 0.15) is 30.5 Å². The van der Waals surface area contributed by atoms with Crippen LogP contribution in [-0.4, -0.2) is 97.5 Å². The first kappa shape index (κ1) is 51.9. The average molecular weight is 809 g/mol. The van der Waals surface area contributed by atoms with Crippen molar-refractivity contribution in [2.75, 3.05) is 26.4 Å². The van der Waals surface area contributed by atoms with Crippen LogP contribution in [0.15, 0.2) is 12.2 Å². The smallest absolute Gasteiger partial charge is 0.397 e. The minimum absolute atomic E-state index is 0.0380. The lowest BCUT2D eigenvalue weighted by Crippen LogP contribution is -2.60.